The quantitative estimate of drug-likeness (QED) is 0.733. The molecule has 1 N–H and O–H groups in total. The highest BCUT2D eigenvalue weighted by Crippen LogP contribution is 2.23. The largest absolute Gasteiger partial charge is 0.392 e. The number of aliphatic hydroxyl groups excluding tert-OH is 1. The molecule has 0 radical (unpaired) electrons. The molecule has 0 aromatic heterocycles. The molecule has 2 aliphatic heterocycles. The maximum absolute atomic E-state index is 12.5. The summed E-state index contributed by atoms with van der Waals surface area (Å²) in [4.78, 5) is 30.6. The van der Waals surface area contributed by atoms with Crippen LogP contribution in [0.25, 0.3) is 6.08 Å². The third-order valence-electron chi connectivity index (χ3n) is 5.20. The van der Waals surface area contributed by atoms with E-state index in [1.54, 1.807) is 29.2 Å². The number of benzene rings is 1. The average Bonchev–Trinajstić information content (AvgIpc) is 3.00. The van der Waals surface area contributed by atoms with Crippen molar-refractivity contribution in [3.63, 3.8) is 0 Å². The highest BCUT2D eigenvalue weighted by Gasteiger charge is 2.25. The van der Waals surface area contributed by atoms with E-state index in [2.05, 4.69) is 4.90 Å². The molecule has 3 rings (SSSR count). The predicted octanol–water partition coefficient (Wildman–Crippen LogP) is 2.13. The highest BCUT2D eigenvalue weighted by molar-refractivity contribution is 6.42. The van der Waals surface area contributed by atoms with Gasteiger partial charge in [-0.05, 0) is 30.2 Å². The Morgan fingerprint density at radius 1 is 1.14 bits per heavy atom. The van der Waals surface area contributed by atoms with Gasteiger partial charge in [-0.25, -0.2) is 0 Å². The second kappa shape index (κ2) is 9.74. The van der Waals surface area contributed by atoms with Crippen LogP contribution in [0.4, 0.5) is 0 Å². The van der Waals surface area contributed by atoms with Crippen molar-refractivity contribution in [2.45, 2.75) is 18.9 Å². The van der Waals surface area contributed by atoms with Crippen LogP contribution in [-0.4, -0.2) is 83.5 Å². The lowest BCUT2D eigenvalue weighted by Gasteiger charge is -2.24. The van der Waals surface area contributed by atoms with Gasteiger partial charge in [0.15, 0.2) is 0 Å². The van der Waals surface area contributed by atoms with Crippen molar-refractivity contribution in [2.75, 3.05) is 45.8 Å². The van der Waals surface area contributed by atoms with Crippen molar-refractivity contribution in [3.05, 3.63) is 39.9 Å². The molecule has 0 aliphatic carbocycles. The Morgan fingerprint density at radius 2 is 1.96 bits per heavy atom. The molecular weight excluding hydrogens is 401 g/mol. The van der Waals surface area contributed by atoms with E-state index in [1.807, 2.05) is 4.90 Å². The van der Waals surface area contributed by atoms with Crippen molar-refractivity contribution >= 4 is 41.1 Å². The van der Waals surface area contributed by atoms with Crippen LogP contribution in [0.2, 0.25) is 10.0 Å². The number of β-amino-alcohol motifs (C(OH)–C–C–N with tert-alkyl or cyclic N) is 1. The van der Waals surface area contributed by atoms with Crippen LogP contribution in [-0.2, 0) is 9.59 Å². The summed E-state index contributed by atoms with van der Waals surface area (Å²) >= 11 is 11.9. The topological polar surface area (TPSA) is 64.1 Å². The van der Waals surface area contributed by atoms with Crippen LogP contribution in [0.1, 0.15) is 18.4 Å². The molecule has 152 valence electrons. The van der Waals surface area contributed by atoms with Gasteiger partial charge in [-0.3, -0.25) is 14.5 Å². The number of hydrogen-bond acceptors (Lipinski definition) is 4. The molecule has 8 heteroatoms. The zero-order valence-electron chi connectivity index (χ0n) is 15.7. The summed E-state index contributed by atoms with van der Waals surface area (Å²) in [6.07, 6.45) is 4.07. The number of nitrogens with zero attached hydrogens (tertiary/aromatic N) is 3. The zero-order valence-corrected chi connectivity index (χ0v) is 17.2. The Morgan fingerprint density at radius 3 is 2.68 bits per heavy atom. The number of likely N-dealkylation sites (tertiary alicyclic amines) is 1. The molecule has 2 aliphatic rings. The number of carbonyl (C=O) groups excluding carboxylic acids is 2. The van der Waals surface area contributed by atoms with Crippen LogP contribution in [0.3, 0.4) is 0 Å². The zero-order chi connectivity index (χ0) is 20.1. The minimum Gasteiger partial charge on any atom is -0.392 e. The molecule has 2 saturated heterocycles. The van der Waals surface area contributed by atoms with E-state index in [4.69, 9.17) is 23.2 Å². The van der Waals surface area contributed by atoms with Crippen molar-refractivity contribution in [2.24, 2.45) is 0 Å². The molecule has 0 saturated carbocycles. The molecule has 28 heavy (non-hydrogen) atoms. The number of halogens is 2. The van der Waals surface area contributed by atoms with Crippen LogP contribution in [0, 0.1) is 0 Å². The van der Waals surface area contributed by atoms with Crippen molar-refractivity contribution in [1.29, 1.82) is 0 Å². The molecule has 2 heterocycles. The number of amides is 2. The lowest BCUT2D eigenvalue weighted by Crippen LogP contribution is -2.39. The van der Waals surface area contributed by atoms with Crippen molar-refractivity contribution < 1.29 is 14.7 Å². The van der Waals surface area contributed by atoms with Crippen LogP contribution in [0.5, 0.6) is 0 Å². The first-order chi connectivity index (χ1) is 13.4. The van der Waals surface area contributed by atoms with Gasteiger partial charge in [0.05, 0.1) is 16.1 Å². The van der Waals surface area contributed by atoms with Gasteiger partial charge in [-0.2, -0.15) is 0 Å². The highest BCUT2D eigenvalue weighted by atomic mass is 35.5. The minimum absolute atomic E-state index is 0.0727. The average molecular weight is 426 g/mol. The first-order valence-corrected chi connectivity index (χ1v) is 10.3. The Labute approximate surface area is 175 Å². The Hall–Kier alpha value is -1.60. The summed E-state index contributed by atoms with van der Waals surface area (Å²) in [5.41, 5.74) is 0.795. The van der Waals surface area contributed by atoms with Gasteiger partial charge in [-0.1, -0.05) is 29.3 Å². The van der Waals surface area contributed by atoms with Crippen LogP contribution >= 0.6 is 23.2 Å². The standard InChI is InChI=1S/C20H25Cl2N3O3/c21-17-3-1-15(13-18(17)22)2-4-19(27)24-8-6-20(28)25(12-11-24)10-9-23-7-5-16(26)14-23/h1-4,13,16,26H,5-12,14H2/t16-/m1/s1. The van der Waals surface area contributed by atoms with Gasteiger partial charge in [0.2, 0.25) is 11.8 Å². The Bertz CT molecular complexity index is 756. The van der Waals surface area contributed by atoms with E-state index in [0.717, 1.165) is 25.1 Å². The summed E-state index contributed by atoms with van der Waals surface area (Å²) in [6.45, 7) is 4.39. The molecule has 1 aromatic carbocycles. The summed E-state index contributed by atoms with van der Waals surface area (Å²) < 4.78 is 0. The number of aliphatic hydroxyl groups is 1. The SMILES string of the molecule is O=C(C=Cc1ccc(Cl)c(Cl)c1)N1CCC(=O)N(CCN2CC[C@@H](O)C2)CC1. The smallest absolute Gasteiger partial charge is 0.246 e. The summed E-state index contributed by atoms with van der Waals surface area (Å²) in [6, 6.07) is 5.19. The van der Waals surface area contributed by atoms with E-state index in [1.165, 1.54) is 6.08 Å². The summed E-state index contributed by atoms with van der Waals surface area (Å²) in [7, 11) is 0. The molecule has 2 amide bonds. The van der Waals surface area contributed by atoms with Gasteiger partial charge in [0.1, 0.15) is 0 Å². The fourth-order valence-electron chi connectivity index (χ4n) is 3.49. The third-order valence-corrected chi connectivity index (χ3v) is 5.93. The van der Waals surface area contributed by atoms with Gasteiger partial charge in [0, 0.05) is 58.3 Å². The fraction of sp³-hybridized carbons (Fsp3) is 0.500. The monoisotopic (exact) mass is 425 g/mol. The summed E-state index contributed by atoms with van der Waals surface area (Å²) in [5.74, 6) is -0.0492. The maximum atomic E-state index is 12.5. The second-order valence-corrected chi connectivity index (χ2v) is 8.02. The first-order valence-electron chi connectivity index (χ1n) is 9.52. The molecule has 6 nitrogen and oxygen atoms in total. The lowest BCUT2D eigenvalue weighted by molar-refractivity contribution is -0.130. The van der Waals surface area contributed by atoms with E-state index in [0.29, 0.717) is 49.2 Å². The minimum atomic E-state index is -0.254. The van der Waals surface area contributed by atoms with E-state index >= 15 is 0 Å². The maximum Gasteiger partial charge on any atom is 0.246 e. The fourth-order valence-corrected chi connectivity index (χ4v) is 3.80. The van der Waals surface area contributed by atoms with E-state index < -0.39 is 0 Å². The third kappa shape index (κ3) is 5.70. The van der Waals surface area contributed by atoms with Gasteiger partial charge >= 0.3 is 0 Å². The number of rotatable bonds is 5. The Kier molecular flexibility index (Phi) is 7.35. The molecule has 0 spiro atoms. The number of carbonyl (C=O) groups is 2. The van der Waals surface area contributed by atoms with Gasteiger partial charge in [-0.15, -0.1) is 0 Å². The normalized spacial score (nSPS) is 21.5. The van der Waals surface area contributed by atoms with Gasteiger partial charge in [0.25, 0.3) is 0 Å². The molecule has 2 fully saturated rings. The molecule has 1 atom stereocenters. The van der Waals surface area contributed by atoms with Crippen LogP contribution < -0.4 is 0 Å². The molecule has 0 bridgehead atoms. The van der Waals surface area contributed by atoms with Crippen molar-refractivity contribution in [3.8, 4) is 0 Å². The first kappa shape index (κ1) is 21.1. The van der Waals surface area contributed by atoms with Gasteiger partial charge < -0.3 is 14.9 Å². The van der Waals surface area contributed by atoms with Crippen molar-refractivity contribution in [1.82, 2.24) is 14.7 Å². The van der Waals surface area contributed by atoms with Crippen LogP contribution in [0.15, 0.2) is 24.3 Å². The summed E-state index contributed by atoms with van der Waals surface area (Å²) in [5, 5.41) is 10.5. The molecule has 0 unspecified atom stereocenters. The van der Waals surface area contributed by atoms with E-state index in [-0.39, 0.29) is 17.9 Å². The second-order valence-electron chi connectivity index (χ2n) is 7.21. The number of hydrogen-bond donors (Lipinski definition) is 1. The molecular formula is C20H25Cl2N3O3. The predicted molar refractivity (Wildman–Crippen MR) is 110 cm³/mol. The Balaban J connectivity index is 1.51. The lowest BCUT2D eigenvalue weighted by atomic mass is 10.2. The van der Waals surface area contributed by atoms with E-state index in [9.17, 15) is 14.7 Å². The molecule has 1 aromatic rings.